The van der Waals surface area contributed by atoms with Gasteiger partial charge in [-0.2, -0.15) is 13.5 Å². The van der Waals surface area contributed by atoms with Gasteiger partial charge in [0.25, 0.3) is 0 Å². The van der Waals surface area contributed by atoms with Crippen molar-refractivity contribution in [2.75, 3.05) is 20.6 Å². The van der Waals surface area contributed by atoms with Crippen molar-refractivity contribution in [3.8, 4) is 0 Å². The van der Waals surface area contributed by atoms with Gasteiger partial charge in [0.05, 0.1) is 18.1 Å². The highest BCUT2D eigenvalue weighted by molar-refractivity contribution is 7.80. The van der Waals surface area contributed by atoms with E-state index in [0.29, 0.717) is 31.3 Å². The predicted octanol–water partition coefficient (Wildman–Crippen LogP) is 0.219. The maximum Gasteiger partial charge on any atom is 0.418 e. The average Bonchev–Trinajstić information content (AvgIpc) is 2.78. The molecular weight excluding hydrogens is 362 g/mol. The van der Waals surface area contributed by atoms with Crippen molar-refractivity contribution in [3.05, 3.63) is 0 Å². The Morgan fingerprint density at radius 2 is 2.04 bits per heavy atom. The van der Waals surface area contributed by atoms with Gasteiger partial charge in [0.1, 0.15) is 5.84 Å². The lowest BCUT2D eigenvalue weighted by Crippen LogP contribution is -2.48. The Balaban J connectivity index is 1.69. The van der Waals surface area contributed by atoms with E-state index in [1.807, 2.05) is 0 Å². The Labute approximate surface area is 153 Å². The van der Waals surface area contributed by atoms with Crippen LogP contribution in [0.15, 0.2) is 4.99 Å². The highest BCUT2D eigenvalue weighted by Crippen LogP contribution is 2.31. The van der Waals surface area contributed by atoms with Crippen LogP contribution in [0, 0.1) is 0 Å². The first-order valence-electron chi connectivity index (χ1n) is 8.92. The molecule has 4 atom stereocenters. The number of urea groups is 1. The Hall–Kier alpha value is -1.43. The average molecular weight is 389 g/mol. The summed E-state index contributed by atoms with van der Waals surface area (Å²) in [5, 5.41) is 0.727. The molecule has 148 valence electrons. The number of carbonyl (C=O) groups is 1. The van der Waals surface area contributed by atoms with Crippen molar-refractivity contribution in [1.82, 2.24) is 14.9 Å². The van der Waals surface area contributed by atoms with Gasteiger partial charge in [-0.25, -0.2) is 4.79 Å². The summed E-state index contributed by atoms with van der Waals surface area (Å²) in [7, 11) is -0.614. The van der Waals surface area contributed by atoms with Crippen molar-refractivity contribution < 1.29 is 22.0 Å². The molecular formula is C15H27N5O5S. The SMILES string of the molecule is CN(C)C1CCCC(N=C(N)[C@@H]2CC[C@@H]3CN2C(=O)N3OS(=O)(=O)O)C1. The number of nitrogens with zero attached hydrogens (tertiary/aromatic N) is 4. The summed E-state index contributed by atoms with van der Waals surface area (Å²) >= 11 is 0. The van der Waals surface area contributed by atoms with E-state index < -0.39 is 22.5 Å². The molecule has 3 aliphatic rings. The quantitative estimate of drug-likeness (QED) is 0.391. The summed E-state index contributed by atoms with van der Waals surface area (Å²) in [6.45, 7) is 0.306. The highest BCUT2D eigenvalue weighted by atomic mass is 32.3. The van der Waals surface area contributed by atoms with Crippen molar-refractivity contribution in [2.24, 2.45) is 10.7 Å². The van der Waals surface area contributed by atoms with Crippen LogP contribution in [0.5, 0.6) is 0 Å². The Bertz CT molecular complexity index is 682. The molecule has 26 heavy (non-hydrogen) atoms. The van der Waals surface area contributed by atoms with Crippen LogP contribution >= 0.6 is 0 Å². The molecule has 3 rings (SSSR count). The van der Waals surface area contributed by atoms with E-state index in [-0.39, 0.29) is 12.1 Å². The summed E-state index contributed by atoms with van der Waals surface area (Å²) in [5.74, 6) is 0.412. The van der Waals surface area contributed by atoms with E-state index in [4.69, 9.17) is 10.3 Å². The normalized spacial score (nSPS) is 33.2. The fraction of sp³-hybridized carbons (Fsp3) is 0.867. The molecule has 2 bridgehead atoms. The van der Waals surface area contributed by atoms with Gasteiger partial charge in [0.15, 0.2) is 0 Å². The third kappa shape index (κ3) is 4.11. The number of carbonyl (C=O) groups excluding carboxylic acids is 1. The van der Waals surface area contributed by atoms with E-state index in [9.17, 15) is 13.2 Å². The number of amides is 2. The van der Waals surface area contributed by atoms with Gasteiger partial charge in [0.2, 0.25) is 0 Å². The van der Waals surface area contributed by atoms with Crippen molar-refractivity contribution >= 4 is 22.3 Å². The van der Waals surface area contributed by atoms with Crippen LogP contribution in [0.4, 0.5) is 4.79 Å². The third-order valence-corrected chi connectivity index (χ3v) is 5.87. The molecule has 10 nitrogen and oxygen atoms in total. The summed E-state index contributed by atoms with van der Waals surface area (Å²) in [5.41, 5.74) is 6.24. The molecule has 0 spiro atoms. The maximum atomic E-state index is 12.4. The van der Waals surface area contributed by atoms with Gasteiger partial charge >= 0.3 is 16.4 Å². The number of amidine groups is 1. The molecule has 2 heterocycles. The van der Waals surface area contributed by atoms with Gasteiger partial charge in [-0.15, -0.1) is 4.28 Å². The fourth-order valence-corrected chi connectivity index (χ4v) is 4.55. The van der Waals surface area contributed by atoms with Crippen LogP contribution in [-0.2, 0) is 14.7 Å². The van der Waals surface area contributed by atoms with Crippen molar-refractivity contribution in [3.63, 3.8) is 0 Å². The van der Waals surface area contributed by atoms with Gasteiger partial charge < -0.3 is 15.5 Å². The first-order chi connectivity index (χ1) is 12.2. The lowest BCUT2D eigenvalue weighted by molar-refractivity contribution is -0.0316. The zero-order valence-electron chi connectivity index (χ0n) is 15.1. The molecule has 2 aliphatic heterocycles. The number of nitrogens with two attached hydrogens (primary N) is 1. The summed E-state index contributed by atoms with van der Waals surface area (Å²) in [4.78, 5) is 20.8. The zero-order chi connectivity index (χ0) is 19.1. The lowest BCUT2D eigenvalue weighted by atomic mass is 9.90. The molecule has 3 N–H and O–H groups in total. The third-order valence-electron chi connectivity index (χ3n) is 5.52. The second kappa shape index (κ2) is 7.29. The second-order valence-corrected chi connectivity index (χ2v) is 8.51. The molecule has 3 fully saturated rings. The topological polar surface area (TPSA) is 129 Å². The Morgan fingerprint density at radius 3 is 2.69 bits per heavy atom. The van der Waals surface area contributed by atoms with Gasteiger partial charge in [-0.05, 0) is 52.6 Å². The van der Waals surface area contributed by atoms with Crippen LogP contribution in [0.1, 0.15) is 38.5 Å². The number of piperidine rings is 1. The first kappa shape index (κ1) is 19.3. The van der Waals surface area contributed by atoms with E-state index in [1.54, 1.807) is 0 Å². The molecule has 1 saturated carbocycles. The predicted molar refractivity (Wildman–Crippen MR) is 94.7 cm³/mol. The minimum atomic E-state index is -4.74. The standard InChI is InChI=1S/C15H27N5O5S/c1-18(2)11-5-3-4-10(8-11)17-14(16)13-7-6-12-9-19(13)15(21)20(12)25-26(22,23)24/h10-13H,3-9H2,1-2H3,(H2,16,17)(H,22,23,24)/t10?,11?,12-,13+/m1/s1. The van der Waals surface area contributed by atoms with Crippen molar-refractivity contribution in [1.29, 1.82) is 0 Å². The minimum absolute atomic E-state index is 0.136. The number of hydroxylamine groups is 2. The number of fused-ring (bicyclic) bond motifs is 2. The molecule has 0 aromatic rings. The Morgan fingerprint density at radius 1 is 1.31 bits per heavy atom. The van der Waals surface area contributed by atoms with Gasteiger partial charge in [-0.1, -0.05) is 0 Å². The number of aliphatic imine (C=N–C) groups is 1. The monoisotopic (exact) mass is 389 g/mol. The van der Waals surface area contributed by atoms with Crippen LogP contribution in [-0.4, -0.2) is 84.5 Å². The summed E-state index contributed by atoms with van der Waals surface area (Å²) < 4.78 is 35.2. The van der Waals surface area contributed by atoms with Crippen LogP contribution in [0.25, 0.3) is 0 Å². The van der Waals surface area contributed by atoms with E-state index in [1.165, 1.54) is 4.90 Å². The maximum absolute atomic E-state index is 12.4. The zero-order valence-corrected chi connectivity index (χ0v) is 15.9. The summed E-state index contributed by atoms with van der Waals surface area (Å²) in [6, 6.07) is -0.775. The smallest absolute Gasteiger partial charge is 0.386 e. The molecule has 2 unspecified atom stereocenters. The number of hydrogen-bond donors (Lipinski definition) is 2. The molecule has 0 radical (unpaired) electrons. The largest absolute Gasteiger partial charge is 0.418 e. The Kier molecular flexibility index (Phi) is 5.42. The molecule has 1 aliphatic carbocycles. The van der Waals surface area contributed by atoms with Crippen LogP contribution < -0.4 is 5.73 Å². The van der Waals surface area contributed by atoms with E-state index in [0.717, 1.165) is 30.7 Å². The lowest BCUT2D eigenvalue weighted by Gasteiger charge is -2.33. The van der Waals surface area contributed by atoms with Crippen molar-refractivity contribution in [2.45, 2.75) is 62.7 Å². The van der Waals surface area contributed by atoms with Gasteiger partial charge in [-0.3, -0.25) is 9.55 Å². The van der Waals surface area contributed by atoms with E-state index >= 15 is 0 Å². The second-order valence-electron chi connectivity index (χ2n) is 7.50. The molecule has 0 aromatic heterocycles. The van der Waals surface area contributed by atoms with Gasteiger partial charge in [0, 0.05) is 12.6 Å². The first-order valence-corrected chi connectivity index (χ1v) is 10.3. The molecule has 2 saturated heterocycles. The number of rotatable bonds is 5. The van der Waals surface area contributed by atoms with Crippen LogP contribution in [0.2, 0.25) is 0 Å². The molecule has 2 amide bonds. The number of hydrogen-bond acceptors (Lipinski definition) is 6. The minimum Gasteiger partial charge on any atom is -0.386 e. The summed E-state index contributed by atoms with van der Waals surface area (Å²) in [6.07, 6.45) is 5.28. The van der Waals surface area contributed by atoms with E-state index in [2.05, 4.69) is 28.3 Å². The highest BCUT2D eigenvalue weighted by Gasteiger charge is 2.48. The van der Waals surface area contributed by atoms with Crippen LogP contribution in [0.3, 0.4) is 0 Å². The fourth-order valence-electron chi connectivity index (χ4n) is 4.16. The molecule has 0 aromatic carbocycles. The molecule has 11 heteroatoms.